The van der Waals surface area contributed by atoms with Gasteiger partial charge in [0.05, 0.1) is 11.7 Å². The van der Waals surface area contributed by atoms with Gasteiger partial charge in [-0.1, -0.05) is 86.5 Å². The van der Waals surface area contributed by atoms with Crippen LogP contribution < -0.4 is 5.06 Å². The Kier molecular flexibility index (Phi) is 4.93. The largest absolute Gasteiger partial charge is 0.265 e. The van der Waals surface area contributed by atoms with Crippen molar-refractivity contribution in [3.63, 3.8) is 0 Å². The molecule has 1 aliphatic heterocycles. The zero-order valence-corrected chi connectivity index (χ0v) is 16.7. The maximum absolute atomic E-state index is 6.42. The van der Waals surface area contributed by atoms with Crippen molar-refractivity contribution < 1.29 is 4.84 Å². The minimum absolute atomic E-state index is 0.00730. The first-order valence-electron chi connectivity index (χ1n) is 8.24. The standard InChI is InChI=1S/C21H17Br2NO/c22-18-12-6-4-10-16(18)20-14-21(17-11-5-7-13-19(17)23)25-24(20)15-8-2-1-3-9-15/h1-13,20-21H,14H2/t20-,21+/m0/s1. The summed E-state index contributed by atoms with van der Waals surface area (Å²) in [6.45, 7) is 0. The molecule has 4 heteroatoms. The van der Waals surface area contributed by atoms with E-state index in [2.05, 4.69) is 80.4 Å². The lowest BCUT2D eigenvalue weighted by Gasteiger charge is -2.25. The third-order valence-electron chi connectivity index (χ3n) is 4.49. The van der Waals surface area contributed by atoms with Gasteiger partial charge in [0.25, 0.3) is 0 Å². The Bertz CT molecular complexity index is 869. The number of rotatable bonds is 3. The number of anilines is 1. The Morgan fingerprint density at radius 1 is 0.720 bits per heavy atom. The third-order valence-corrected chi connectivity index (χ3v) is 5.93. The summed E-state index contributed by atoms with van der Waals surface area (Å²) in [7, 11) is 0. The zero-order valence-electron chi connectivity index (χ0n) is 13.5. The molecule has 0 aromatic heterocycles. The SMILES string of the molecule is Brc1ccccc1[C@H]1C[C@@H](c2ccccc2Br)N(c2ccccc2)O1. The van der Waals surface area contributed by atoms with Gasteiger partial charge in [-0.2, -0.15) is 0 Å². The molecule has 0 aliphatic carbocycles. The molecule has 0 unspecified atom stereocenters. The maximum Gasteiger partial charge on any atom is 0.114 e. The lowest BCUT2D eigenvalue weighted by Crippen LogP contribution is -2.21. The highest BCUT2D eigenvalue weighted by Crippen LogP contribution is 2.46. The zero-order chi connectivity index (χ0) is 17.2. The Morgan fingerprint density at radius 2 is 1.28 bits per heavy atom. The molecule has 2 nitrogen and oxygen atoms in total. The van der Waals surface area contributed by atoms with E-state index in [1.165, 1.54) is 11.1 Å². The van der Waals surface area contributed by atoms with Gasteiger partial charge in [0.15, 0.2) is 0 Å². The second kappa shape index (κ2) is 7.32. The molecule has 1 heterocycles. The number of hydrogen-bond donors (Lipinski definition) is 0. The highest BCUT2D eigenvalue weighted by Gasteiger charge is 2.37. The summed E-state index contributed by atoms with van der Waals surface area (Å²) in [5.41, 5.74) is 3.48. The first-order chi connectivity index (χ1) is 12.2. The molecule has 2 atom stereocenters. The molecule has 1 saturated heterocycles. The average molecular weight is 459 g/mol. The molecule has 1 fully saturated rings. The van der Waals surface area contributed by atoms with E-state index < -0.39 is 0 Å². The van der Waals surface area contributed by atoms with Crippen LogP contribution >= 0.6 is 31.9 Å². The lowest BCUT2D eigenvalue weighted by atomic mass is 9.97. The molecule has 4 rings (SSSR count). The Hall–Kier alpha value is -1.62. The number of benzene rings is 3. The molecule has 0 bridgehead atoms. The van der Waals surface area contributed by atoms with E-state index in [-0.39, 0.29) is 12.1 Å². The van der Waals surface area contributed by atoms with Crippen molar-refractivity contribution in [1.29, 1.82) is 0 Å². The summed E-state index contributed by atoms with van der Waals surface area (Å²) in [5, 5.41) is 2.05. The van der Waals surface area contributed by atoms with Gasteiger partial charge >= 0.3 is 0 Å². The van der Waals surface area contributed by atoms with E-state index in [0.717, 1.165) is 21.1 Å². The van der Waals surface area contributed by atoms with Crippen LogP contribution in [0.5, 0.6) is 0 Å². The van der Waals surface area contributed by atoms with Crippen LogP contribution in [0.25, 0.3) is 0 Å². The van der Waals surface area contributed by atoms with Gasteiger partial charge in [-0.05, 0) is 35.4 Å². The van der Waals surface area contributed by atoms with Crippen LogP contribution in [0, 0.1) is 0 Å². The lowest BCUT2D eigenvalue weighted by molar-refractivity contribution is 0.0831. The minimum Gasteiger partial charge on any atom is -0.265 e. The van der Waals surface area contributed by atoms with Crippen LogP contribution in [-0.2, 0) is 4.84 Å². The second-order valence-electron chi connectivity index (χ2n) is 6.05. The van der Waals surface area contributed by atoms with E-state index >= 15 is 0 Å². The fourth-order valence-corrected chi connectivity index (χ4v) is 4.38. The number of para-hydroxylation sites is 1. The Balaban J connectivity index is 1.75. The molecule has 0 N–H and O–H groups in total. The van der Waals surface area contributed by atoms with E-state index in [1.54, 1.807) is 0 Å². The summed E-state index contributed by atoms with van der Waals surface area (Å²) in [4.78, 5) is 6.42. The van der Waals surface area contributed by atoms with Crippen molar-refractivity contribution in [2.75, 3.05) is 5.06 Å². The smallest absolute Gasteiger partial charge is 0.114 e. The van der Waals surface area contributed by atoms with Crippen LogP contribution in [0.4, 0.5) is 5.69 Å². The monoisotopic (exact) mass is 457 g/mol. The van der Waals surface area contributed by atoms with E-state index in [0.29, 0.717) is 0 Å². The summed E-state index contributed by atoms with van der Waals surface area (Å²) in [6, 6.07) is 27.1. The Morgan fingerprint density at radius 3 is 1.92 bits per heavy atom. The summed E-state index contributed by atoms with van der Waals surface area (Å²) >= 11 is 7.37. The van der Waals surface area contributed by atoms with Crippen molar-refractivity contribution in [2.24, 2.45) is 0 Å². The van der Waals surface area contributed by atoms with Crippen LogP contribution in [0.1, 0.15) is 29.7 Å². The molecule has 1 aliphatic rings. The second-order valence-corrected chi connectivity index (χ2v) is 7.76. The fourth-order valence-electron chi connectivity index (χ4n) is 3.29. The van der Waals surface area contributed by atoms with Crippen LogP contribution in [0.3, 0.4) is 0 Å². The molecule has 0 radical (unpaired) electrons. The van der Waals surface area contributed by atoms with Gasteiger partial charge in [-0.25, -0.2) is 5.06 Å². The minimum atomic E-state index is 0.00730. The quantitative estimate of drug-likeness (QED) is 0.426. The molecule has 25 heavy (non-hydrogen) atoms. The Labute approximate surface area is 164 Å². The van der Waals surface area contributed by atoms with Gasteiger partial charge in [0.1, 0.15) is 6.10 Å². The number of nitrogens with zero attached hydrogens (tertiary/aromatic N) is 1. The number of hydrogen-bond acceptors (Lipinski definition) is 2. The fraction of sp³-hybridized carbons (Fsp3) is 0.143. The molecule has 126 valence electrons. The number of hydroxylamine groups is 1. The normalized spacial score (nSPS) is 20.0. The van der Waals surface area contributed by atoms with Crippen LogP contribution in [-0.4, -0.2) is 0 Å². The van der Waals surface area contributed by atoms with Crippen molar-refractivity contribution in [3.05, 3.63) is 98.9 Å². The predicted molar refractivity (Wildman–Crippen MR) is 108 cm³/mol. The molecule has 0 spiro atoms. The van der Waals surface area contributed by atoms with Crippen molar-refractivity contribution in [3.8, 4) is 0 Å². The first kappa shape index (κ1) is 16.8. The average Bonchev–Trinajstić information content (AvgIpc) is 3.08. The predicted octanol–water partition coefficient (Wildman–Crippen LogP) is 6.84. The van der Waals surface area contributed by atoms with Crippen molar-refractivity contribution in [2.45, 2.75) is 18.6 Å². The van der Waals surface area contributed by atoms with Crippen LogP contribution in [0.2, 0.25) is 0 Å². The summed E-state index contributed by atoms with van der Waals surface area (Å²) in [6.07, 6.45) is 0.896. The molecular weight excluding hydrogens is 442 g/mol. The maximum atomic E-state index is 6.42. The molecular formula is C21H17Br2NO. The number of halogens is 2. The van der Waals surface area contributed by atoms with Gasteiger partial charge in [0, 0.05) is 15.4 Å². The van der Waals surface area contributed by atoms with Gasteiger partial charge in [-0.15, -0.1) is 0 Å². The van der Waals surface area contributed by atoms with Gasteiger partial charge in [0.2, 0.25) is 0 Å². The van der Waals surface area contributed by atoms with E-state index in [1.807, 2.05) is 35.4 Å². The van der Waals surface area contributed by atoms with E-state index in [4.69, 9.17) is 4.84 Å². The molecule has 0 amide bonds. The molecule has 0 saturated carbocycles. The summed E-state index contributed by atoms with van der Waals surface area (Å²) < 4.78 is 2.19. The van der Waals surface area contributed by atoms with E-state index in [9.17, 15) is 0 Å². The van der Waals surface area contributed by atoms with Crippen molar-refractivity contribution >= 4 is 37.5 Å². The first-order valence-corrected chi connectivity index (χ1v) is 9.82. The van der Waals surface area contributed by atoms with Crippen molar-refractivity contribution in [1.82, 2.24) is 0 Å². The molecule has 3 aromatic carbocycles. The third kappa shape index (κ3) is 3.39. The van der Waals surface area contributed by atoms with Gasteiger partial charge in [-0.3, -0.25) is 4.84 Å². The summed E-state index contributed by atoms with van der Waals surface area (Å²) in [5.74, 6) is 0. The highest BCUT2D eigenvalue weighted by atomic mass is 79.9. The highest BCUT2D eigenvalue weighted by molar-refractivity contribution is 9.10. The molecule has 3 aromatic rings. The van der Waals surface area contributed by atoms with Gasteiger partial charge < -0.3 is 0 Å². The van der Waals surface area contributed by atoms with Crippen LogP contribution in [0.15, 0.2) is 87.8 Å². The topological polar surface area (TPSA) is 12.5 Å².